The van der Waals surface area contributed by atoms with E-state index in [9.17, 15) is 0 Å². The summed E-state index contributed by atoms with van der Waals surface area (Å²) in [6, 6.07) is 12.9. The number of fused-ring (bicyclic) bond motifs is 1. The van der Waals surface area contributed by atoms with Gasteiger partial charge in [0.05, 0.1) is 5.52 Å². The summed E-state index contributed by atoms with van der Waals surface area (Å²) in [5.41, 5.74) is 3.72. The first-order chi connectivity index (χ1) is 11.4. The Labute approximate surface area is 136 Å². The topological polar surface area (TPSA) is 44.8 Å². The van der Waals surface area contributed by atoms with E-state index in [1.807, 2.05) is 18.5 Å². The number of nitrogens with one attached hydrogen (secondary N) is 1. The zero-order valence-electron chi connectivity index (χ0n) is 13.3. The van der Waals surface area contributed by atoms with Gasteiger partial charge in [-0.2, -0.15) is 5.10 Å². The molecule has 2 aromatic heterocycles. The van der Waals surface area contributed by atoms with Crippen LogP contribution in [-0.4, -0.2) is 33.2 Å². The summed E-state index contributed by atoms with van der Waals surface area (Å²) in [6.07, 6.45) is 7.41. The number of piperidine rings is 1. The Morgan fingerprint density at radius 1 is 1.17 bits per heavy atom. The van der Waals surface area contributed by atoms with Crippen LogP contribution in [0.3, 0.4) is 0 Å². The highest BCUT2D eigenvalue weighted by Crippen LogP contribution is 2.22. The van der Waals surface area contributed by atoms with E-state index in [1.165, 1.54) is 42.6 Å². The van der Waals surface area contributed by atoms with Crippen molar-refractivity contribution in [2.24, 2.45) is 5.92 Å². The van der Waals surface area contributed by atoms with Crippen LogP contribution in [0.1, 0.15) is 24.1 Å². The Balaban J connectivity index is 1.42. The van der Waals surface area contributed by atoms with Crippen molar-refractivity contribution in [3.63, 3.8) is 0 Å². The van der Waals surface area contributed by atoms with E-state index in [1.54, 1.807) is 0 Å². The molecule has 118 valence electrons. The molecule has 4 heteroatoms. The number of nitrogens with zero attached hydrogens (tertiary/aromatic N) is 3. The fourth-order valence-electron chi connectivity index (χ4n) is 3.65. The molecule has 1 aliphatic rings. The molecule has 4 nitrogen and oxygen atoms in total. The standard InChI is InChI=1S/C19H22N4/c1-4-17-11-16(5-6-19(17)20-8-1)14-23-10-2-3-15(13-23)12-18-7-9-21-22-18/h1,4-9,11,15H,2-3,10,12-14H2,(H,21,22)/t15-/m0/s1. The summed E-state index contributed by atoms with van der Waals surface area (Å²) < 4.78 is 0. The summed E-state index contributed by atoms with van der Waals surface area (Å²) in [6.45, 7) is 3.40. The number of aromatic nitrogens is 3. The molecule has 1 atom stereocenters. The van der Waals surface area contributed by atoms with E-state index in [-0.39, 0.29) is 0 Å². The molecule has 0 saturated carbocycles. The number of likely N-dealkylation sites (tertiary alicyclic amines) is 1. The predicted octanol–water partition coefficient (Wildman–Crippen LogP) is 3.41. The molecule has 4 rings (SSSR count). The Morgan fingerprint density at radius 3 is 3.09 bits per heavy atom. The molecule has 0 bridgehead atoms. The van der Waals surface area contributed by atoms with E-state index < -0.39 is 0 Å². The predicted molar refractivity (Wildman–Crippen MR) is 92.0 cm³/mol. The van der Waals surface area contributed by atoms with Gasteiger partial charge in [0.1, 0.15) is 0 Å². The molecule has 1 aromatic carbocycles. The van der Waals surface area contributed by atoms with E-state index in [2.05, 4.69) is 50.4 Å². The van der Waals surface area contributed by atoms with Crippen molar-refractivity contribution in [3.05, 3.63) is 60.0 Å². The minimum absolute atomic E-state index is 0.728. The molecule has 1 aliphatic heterocycles. The maximum absolute atomic E-state index is 4.40. The number of hydrogen-bond acceptors (Lipinski definition) is 3. The largest absolute Gasteiger partial charge is 0.299 e. The quantitative estimate of drug-likeness (QED) is 0.803. The Morgan fingerprint density at radius 2 is 2.17 bits per heavy atom. The highest BCUT2D eigenvalue weighted by molar-refractivity contribution is 5.78. The summed E-state index contributed by atoms with van der Waals surface area (Å²) in [4.78, 5) is 6.99. The van der Waals surface area contributed by atoms with Crippen LogP contribution in [0, 0.1) is 5.92 Å². The molecule has 0 aliphatic carbocycles. The van der Waals surface area contributed by atoms with E-state index in [0.717, 1.165) is 24.4 Å². The SMILES string of the molecule is c1cnc2ccc(CN3CCC[C@@H](Cc4ccn[nH]4)C3)cc2c1. The van der Waals surface area contributed by atoms with Gasteiger partial charge < -0.3 is 0 Å². The molecule has 3 aromatic rings. The average molecular weight is 306 g/mol. The van der Waals surface area contributed by atoms with Gasteiger partial charge in [0.15, 0.2) is 0 Å². The van der Waals surface area contributed by atoms with Crippen molar-refractivity contribution in [2.75, 3.05) is 13.1 Å². The lowest BCUT2D eigenvalue weighted by Crippen LogP contribution is -2.35. The van der Waals surface area contributed by atoms with Crippen molar-refractivity contribution in [1.82, 2.24) is 20.1 Å². The monoisotopic (exact) mass is 306 g/mol. The van der Waals surface area contributed by atoms with Crippen molar-refractivity contribution in [2.45, 2.75) is 25.8 Å². The maximum Gasteiger partial charge on any atom is 0.0702 e. The molecule has 0 unspecified atom stereocenters. The number of benzene rings is 1. The van der Waals surface area contributed by atoms with Crippen LogP contribution < -0.4 is 0 Å². The molecule has 1 saturated heterocycles. The third-order valence-corrected chi connectivity index (χ3v) is 4.74. The van der Waals surface area contributed by atoms with E-state index >= 15 is 0 Å². The lowest BCUT2D eigenvalue weighted by molar-refractivity contribution is 0.166. The van der Waals surface area contributed by atoms with Crippen LogP contribution in [-0.2, 0) is 13.0 Å². The van der Waals surface area contributed by atoms with Gasteiger partial charge >= 0.3 is 0 Å². The minimum atomic E-state index is 0.728. The lowest BCUT2D eigenvalue weighted by atomic mass is 9.93. The second-order valence-electron chi connectivity index (χ2n) is 6.56. The van der Waals surface area contributed by atoms with Crippen LogP contribution in [0.4, 0.5) is 0 Å². The van der Waals surface area contributed by atoms with Gasteiger partial charge in [0, 0.05) is 36.6 Å². The van der Waals surface area contributed by atoms with Crippen molar-refractivity contribution < 1.29 is 0 Å². The Kier molecular flexibility index (Phi) is 4.07. The average Bonchev–Trinajstić information content (AvgIpc) is 3.08. The van der Waals surface area contributed by atoms with Crippen LogP contribution >= 0.6 is 0 Å². The van der Waals surface area contributed by atoms with Gasteiger partial charge in [0.25, 0.3) is 0 Å². The van der Waals surface area contributed by atoms with Gasteiger partial charge in [-0.15, -0.1) is 0 Å². The van der Waals surface area contributed by atoms with Gasteiger partial charge in [0.2, 0.25) is 0 Å². The zero-order chi connectivity index (χ0) is 15.5. The summed E-state index contributed by atoms with van der Waals surface area (Å²) in [7, 11) is 0. The zero-order valence-corrected chi connectivity index (χ0v) is 13.3. The molecule has 0 spiro atoms. The highest BCUT2D eigenvalue weighted by atomic mass is 15.1. The van der Waals surface area contributed by atoms with Crippen LogP contribution in [0.15, 0.2) is 48.8 Å². The van der Waals surface area contributed by atoms with Crippen molar-refractivity contribution in [1.29, 1.82) is 0 Å². The highest BCUT2D eigenvalue weighted by Gasteiger charge is 2.20. The first-order valence-electron chi connectivity index (χ1n) is 8.41. The Bertz CT molecular complexity index is 766. The maximum atomic E-state index is 4.40. The van der Waals surface area contributed by atoms with Gasteiger partial charge in [-0.25, -0.2) is 0 Å². The number of pyridine rings is 1. The molecule has 0 amide bonds. The summed E-state index contributed by atoms with van der Waals surface area (Å²) in [5, 5.41) is 8.38. The number of rotatable bonds is 4. The molecule has 0 radical (unpaired) electrons. The van der Waals surface area contributed by atoms with Gasteiger partial charge in [-0.05, 0) is 61.6 Å². The molecular formula is C19H22N4. The van der Waals surface area contributed by atoms with Crippen LogP contribution in [0.25, 0.3) is 10.9 Å². The number of hydrogen-bond donors (Lipinski definition) is 1. The second-order valence-corrected chi connectivity index (χ2v) is 6.56. The first kappa shape index (κ1) is 14.4. The molecule has 3 heterocycles. The summed E-state index contributed by atoms with van der Waals surface area (Å²) in [5.74, 6) is 0.728. The second kappa shape index (κ2) is 6.50. The van der Waals surface area contributed by atoms with E-state index in [0.29, 0.717) is 0 Å². The number of aromatic amines is 1. The smallest absolute Gasteiger partial charge is 0.0702 e. The third kappa shape index (κ3) is 3.42. The fraction of sp³-hybridized carbons (Fsp3) is 0.368. The van der Waals surface area contributed by atoms with Crippen LogP contribution in [0.5, 0.6) is 0 Å². The molecule has 23 heavy (non-hydrogen) atoms. The fourth-order valence-corrected chi connectivity index (χ4v) is 3.65. The molecule has 1 N–H and O–H groups in total. The molecular weight excluding hydrogens is 284 g/mol. The first-order valence-corrected chi connectivity index (χ1v) is 8.41. The molecule has 1 fully saturated rings. The normalized spacial score (nSPS) is 19.2. The van der Waals surface area contributed by atoms with Crippen molar-refractivity contribution >= 4 is 10.9 Å². The lowest BCUT2D eigenvalue weighted by Gasteiger charge is -2.32. The van der Waals surface area contributed by atoms with Gasteiger partial charge in [-0.3, -0.25) is 15.0 Å². The van der Waals surface area contributed by atoms with Gasteiger partial charge in [-0.1, -0.05) is 12.1 Å². The van der Waals surface area contributed by atoms with Crippen LogP contribution in [0.2, 0.25) is 0 Å². The minimum Gasteiger partial charge on any atom is -0.299 e. The van der Waals surface area contributed by atoms with E-state index in [4.69, 9.17) is 0 Å². The summed E-state index contributed by atoms with van der Waals surface area (Å²) >= 11 is 0. The Hall–Kier alpha value is -2.20. The van der Waals surface area contributed by atoms with Crippen molar-refractivity contribution in [3.8, 4) is 0 Å². The third-order valence-electron chi connectivity index (χ3n) is 4.74. The number of H-pyrrole nitrogens is 1.